The van der Waals surface area contributed by atoms with Crippen LogP contribution in [0.5, 0.6) is 11.5 Å². The second kappa shape index (κ2) is 8.41. The fraction of sp³-hybridized carbons (Fsp3) is 0.176. The molecule has 136 valence electrons. The molecule has 0 atom stereocenters. The number of aromatic nitrogens is 3. The lowest BCUT2D eigenvalue weighted by molar-refractivity contribution is 0.289. The lowest BCUT2D eigenvalue weighted by atomic mass is 10.2. The van der Waals surface area contributed by atoms with E-state index in [2.05, 4.69) is 26.1 Å². The fourth-order valence-corrected chi connectivity index (χ4v) is 3.68. The molecule has 3 rings (SSSR count). The van der Waals surface area contributed by atoms with Crippen LogP contribution in [0.4, 0.5) is 4.39 Å². The van der Waals surface area contributed by atoms with E-state index in [1.54, 1.807) is 19.2 Å². The van der Waals surface area contributed by atoms with Crippen molar-refractivity contribution in [1.29, 1.82) is 0 Å². The zero-order valence-corrected chi connectivity index (χ0v) is 16.3. The van der Waals surface area contributed by atoms with Crippen molar-refractivity contribution in [1.82, 2.24) is 14.9 Å². The summed E-state index contributed by atoms with van der Waals surface area (Å²) in [6, 6.07) is 11.8. The second-order valence-corrected chi connectivity index (χ2v) is 7.06. The largest absolute Gasteiger partial charge is 0.497 e. The number of halogens is 2. The maximum atomic E-state index is 13.1. The van der Waals surface area contributed by atoms with E-state index in [9.17, 15) is 4.39 Å². The molecule has 0 aliphatic rings. The van der Waals surface area contributed by atoms with E-state index in [0.29, 0.717) is 32.7 Å². The number of thioether (sulfide) groups is 1. The summed E-state index contributed by atoms with van der Waals surface area (Å²) >= 11 is 4.75. The molecule has 9 heteroatoms. The quantitative estimate of drug-likeness (QED) is 0.446. The predicted octanol–water partition coefficient (Wildman–Crippen LogP) is 3.77. The lowest BCUT2D eigenvalue weighted by Crippen LogP contribution is -2.15. The van der Waals surface area contributed by atoms with Gasteiger partial charge in [0.25, 0.3) is 0 Å². The Hall–Kier alpha value is -2.26. The summed E-state index contributed by atoms with van der Waals surface area (Å²) in [4.78, 5) is 0. The lowest BCUT2D eigenvalue weighted by Gasteiger charge is -2.08. The van der Waals surface area contributed by atoms with E-state index in [1.165, 1.54) is 28.6 Å². The number of benzene rings is 2. The first-order valence-corrected chi connectivity index (χ1v) is 9.37. The van der Waals surface area contributed by atoms with Gasteiger partial charge in [0.1, 0.15) is 23.9 Å². The van der Waals surface area contributed by atoms with E-state index in [1.807, 2.05) is 18.2 Å². The van der Waals surface area contributed by atoms with Crippen molar-refractivity contribution in [2.75, 3.05) is 13.0 Å². The number of nitrogen functional groups attached to an aromatic ring is 1. The Balaban J connectivity index is 1.62. The summed E-state index contributed by atoms with van der Waals surface area (Å²) in [5.74, 6) is 8.18. The minimum atomic E-state index is -0.287. The van der Waals surface area contributed by atoms with Crippen LogP contribution < -0.4 is 15.3 Å². The van der Waals surface area contributed by atoms with Crippen LogP contribution in [0.15, 0.2) is 52.1 Å². The Morgan fingerprint density at radius 3 is 2.77 bits per heavy atom. The fourth-order valence-electron chi connectivity index (χ4n) is 2.12. The van der Waals surface area contributed by atoms with Gasteiger partial charge in [-0.05, 0) is 29.8 Å². The molecule has 0 unspecified atom stereocenters. The number of methoxy groups -OCH3 is 1. The van der Waals surface area contributed by atoms with Gasteiger partial charge in [0.15, 0.2) is 5.82 Å². The van der Waals surface area contributed by atoms with Crippen molar-refractivity contribution in [2.45, 2.75) is 17.5 Å². The molecule has 3 aromatic rings. The number of hydrogen-bond donors (Lipinski definition) is 1. The van der Waals surface area contributed by atoms with E-state index in [0.717, 1.165) is 5.56 Å². The second-order valence-electron chi connectivity index (χ2n) is 5.26. The van der Waals surface area contributed by atoms with Gasteiger partial charge in [0.05, 0.1) is 7.11 Å². The maximum Gasteiger partial charge on any atom is 0.210 e. The minimum absolute atomic E-state index is 0.178. The van der Waals surface area contributed by atoms with Crippen LogP contribution in [0.25, 0.3) is 0 Å². The highest BCUT2D eigenvalue weighted by Gasteiger charge is 2.12. The standard InChI is InChI=1S/C17H16BrFN4O2S/c1-24-13-3-2-4-14(8-13)25-9-16-21-22-17(23(16)20)26-10-11-5-6-12(19)7-15(11)18/h2-8H,9-10,20H2,1H3. The summed E-state index contributed by atoms with van der Waals surface area (Å²) in [5, 5.41) is 8.69. The summed E-state index contributed by atoms with van der Waals surface area (Å²) < 4.78 is 26.1. The van der Waals surface area contributed by atoms with Crippen LogP contribution in [-0.4, -0.2) is 22.0 Å². The van der Waals surface area contributed by atoms with Crippen LogP contribution in [0.3, 0.4) is 0 Å². The molecule has 0 radical (unpaired) electrons. The highest BCUT2D eigenvalue weighted by atomic mass is 79.9. The molecule has 2 N–H and O–H groups in total. The normalized spacial score (nSPS) is 10.7. The third kappa shape index (κ3) is 4.47. The highest BCUT2D eigenvalue weighted by Crippen LogP contribution is 2.26. The molecule has 1 aromatic heterocycles. The monoisotopic (exact) mass is 438 g/mol. The van der Waals surface area contributed by atoms with Crippen molar-refractivity contribution in [3.8, 4) is 11.5 Å². The van der Waals surface area contributed by atoms with E-state index in [4.69, 9.17) is 15.3 Å². The maximum absolute atomic E-state index is 13.1. The molecule has 0 fully saturated rings. The van der Waals surface area contributed by atoms with Crippen molar-refractivity contribution in [3.05, 3.63) is 64.1 Å². The van der Waals surface area contributed by atoms with Crippen molar-refractivity contribution >= 4 is 27.7 Å². The van der Waals surface area contributed by atoms with Gasteiger partial charge < -0.3 is 15.3 Å². The molecule has 0 saturated carbocycles. The SMILES string of the molecule is COc1cccc(OCc2nnc(SCc3ccc(F)cc3Br)n2N)c1. The molecule has 1 heterocycles. The zero-order valence-electron chi connectivity index (χ0n) is 13.9. The van der Waals surface area contributed by atoms with Gasteiger partial charge >= 0.3 is 0 Å². The Morgan fingerprint density at radius 1 is 1.19 bits per heavy atom. The summed E-state index contributed by atoms with van der Waals surface area (Å²) in [5.41, 5.74) is 0.939. The Morgan fingerprint density at radius 2 is 2.00 bits per heavy atom. The van der Waals surface area contributed by atoms with Gasteiger partial charge in [0, 0.05) is 16.3 Å². The van der Waals surface area contributed by atoms with Gasteiger partial charge in [-0.15, -0.1) is 10.2 Å². The molecular formula is C17H16BrFN4O2S. The predicted molar refractivity (Wildman–Crippen MR) is 101 cm³/mol. The van der Waals surface area contributed by atoms with Crippen molar-refractivity contribution in [3.63, 3.8) is 0 Å². The molecule has 0 saturated heterocycles. The van der Waals surface area contributed by atoms with Crippen molar-refractivity contribution in [2.24, 2.45) is 0 Å². The van der Waals surface area contributed by atoms with Crippen LogP contribution >= 0.6 is 27.7 Å². The molecular weight excluding hydrogens is 423 g/mol. The first kappa shape index (κ1) is 18.5. The van der Waals surface area contributed by atoms with Gasteiger partial charge in [-0.25, -0.2) is 9.07 Å². The van der Waals surface area contributed by atoms with Gasteiger partial charge in [-0.1, -0.05) is 39.8 Å². The summed E-state index contributed by atoms with van der Waals surface area (Å²) in [6.45, 7) is 0.178. The third-order valence-electron chi connectivity index (χ3n) is 3.52. The molecule has 0 amide bonds. The minimum Gasteiger partial charge on any atom is -0.497 e. The average molecular weight is 439 g/mol. The highest BCUT2D eigenvalue weighted by molar-refractivity contribution is 9.10. The van der Waals surface area contributed by atoms with Gasteiger partial charge in [-0.2, -0.15) is 0 Å². The first-order chi connectivity index (χ1) is 12.6. The number of nitrogens with zero attached hydrogens (tertiary/aromatic N) is 3. The molecule has 0 bridgehead atoms. The number of nitrogens with two attached hydrogens (primary N) is 1. The third-order valence-corrected chi connectivity index (χ3v) is 5.25. The number of ether oxygens (including phenoxy) is 2. The zero-order chi connectivity index (χ0) is 18.5. The van der Waals surface area contributed by atoms with Gasteiger partial charge in [-0.3, -0.25) is 0 Å². The van der Waals surface area contributed by atoms with Crippen LogP contribution in [-0.2, 0) is 12.4 Å². The van der Waals surface area contributed by atoms with Gasteiger partial charge in [0.2, 0.25) is 5.16 Å². The molecule has 0 aliphatic heterocycles. The summed E-state index contributed by atoms with van der Waals surface area (Å²) in [7, 11) is 1.60. The van der Waals surface area contributed by atoms with Crippen LogP contribution in [0, 0.1) is 5.82 Å². The van der Waals surface area contributed by atoms with Crippen LogP contribution in [0.1, 0.15) is 11.4 Å². The van der Waals surface area contributed by atoms with E-state index < -0.39 is 0 Å². The smallest absolute Gasteiger partial charge is 0.210 e. The number of rotatable bonds is 7. The Bertz CT molecular complexity index is 906. The first-order valence-electron chi connectivity index (χ1n) is 7.60. The Labute approximate surface area is 162 Å². The molecule has 0 spiro atoms. The Kier molecular flexibility index (Phi) is 6.00. The van der Waals surface area contributed by atoms with Crippen LogP contribution in [0.2, 0.25) is 0 Å². The molecule has 2 aromatic carbocycles. The molecule has 6 nitrogen and oxygen atoms in total. The molecule has 0 aliphatic carbocycles. The average Bonchev–Trinajstić information content (AvgIpc) is 2.99. The van der Waals surface area contributed by atoms with Crippen molar-refractivity contribution < 1.29 is 13.9 Å². The van der Waals surface area contributed by atoms with E-state index in [-0.39, 0.29) is 12.4 Å². The van der Waals surface area contributed by atoms with E-state index >= 15 is 0 Å². The topological polar surface area (TPSA) is 75.2 Å². The number of hydrogen-bond acceptors (Lipinski definition) is 6. The summed E-state index contributed by atoms with van der Waals surface area (Å²) in [6.07, 6.45) is 0. The molecule has 26 heavy (non-hydrogen) atoms.